The van der Waals surface area contributed by atoms with E-state index in [9.17, 15) is 0 Å². The molecule has 112 valence electrons. The molecule has 20 heavy (non-hydrogen) atoms. The maximum Gasteiger partial charge on any atom is 0.105 e. The Morgan fingerprint density at radius 2 is 2.15 bits per heavy atom. The second kappa shape index (κ2) is 6.31. The molecule has 1 aliphatic heterocycles. The molecule has 0 amide bonds. The molecule has 1 aromatic heterocycles. The van der Waals surface area contributed by atoms with Gasteiger partial charge in [0, 0.05) is 19.0 Å². The monoisotopic (exact) mass is 277 g/mol. The molecule has 1 saturated carbocycles. The van der Waals surface area contributed by atoms with Crippen molar-refractivity contribution in [3.05, 3.63) is 24.2 Å². The van der Waals surface area contributed by atoms with Crippen LogP contribution in [0.5, 0.6) is 0 Å². The summed E-state index contributed by atoms with van der Waals surface area (Å²) in [5.74, 6) is 1.06. The first kappa shape index (κ1) is 14.2. The SMILES string of the molecule is CC(Cc1ccco1)NCC1CCC2(CCCCC2)O1. The smallest absolute Gasteiger partial charge is 0.105 e. The number of ether oxygens (including phenoxy) is 1. The lowest BCUT2D eigenvalue weighted by molar-refractivity contribution is -0.0628. The Morgan fingerprint density at radius 1 is 1.30 bits per heavy atom. The number of nitrogens with one attached hydrogen (secondary N) is 1. The fourth-order valence-electron chi connectivity index (χ4n) is 3.74. The molecule has 2 atom stereocenters. The third kappa shape index (κ3) is 3.44. The van der Waals surface area contributed by atoms with Gasteiger partial charge in [0.05, 0.1) is 18.0 Å². The lowest BCUT2D eigenvalue weighted by Gasteiger charge is -2.33. The third-order valence-corrected chi connectivity index (χ3v) is 4.88. The van der Waals surface area contributed by atoms with Crippen molar-refractivity contribution in [1.29, 1.82) is 0 Å². The predicted octanol–water partition coefficient (Wildman–Crippen LogP) is 3.68. The average molecular weight is 277 g/mol. The molecule has 3 nitrogen and oxygen atoms in total. The van der Waals surface area contributed by atoms with E-state index < -0.39 is 0 Å². The minimum absolute atomic E-state index is 0.245. The van der Waals surface area contributed by atoms with Crippen LogP contribution in [0.2, 0.25) is 0 Å². The summed E-state index contributed by atoms with van der Waals surface area (Å²) >= 11 is 0. The molecule has 2 unspecified atom stereocenters. The van der Waals surface area contributed by atoms with Gasteiger partial charge < -0.3 is 14.5 Å². The van der Waals surface area contributed by atoms with Crippen LogP contribution >= 0.6 is 0 Å². The largest absolute Gasteiger partial charge is 0.469 e. The van der Waals surface area contributed by atoms with Gasteiger partial charge in [0.15, 0.2) is 0 Å². The van der Waals surface area contributed by atoms with Crippen LogP contribution < -0.4 is 5.32 Å². The van der Waals surface area contributed by atoms with Crippen LogP contribution in [-0.2, 0) is 11.2 Å². The van der Waals surface area contributed by atoms with Gasteiger partial charge in [-0.25, -0.2) is 0 Å². The molecular weight excluding hydrogens is 250 g/mol. The van der Waals surface area contributed by atoms with E-state index >= 15 is 0 Å². The molecule has 1 saturated heterocycles. The first-order valence-electron chi connectivity index (χ1n) is 8.19. The number of hydrogen-bond acceptors (Lipinski definition) is 3. The fraction of sp³-hybridized carbons (Fsp3) is 0.765. The molecule has 0 bridgehead atoms. The van der Waals surface area contributed by atoms with Crippen molar-refractivity contribution in [3.8, 4) is 0 Å². The number of hydrogen-bond donors (Lipinski definition) is 1. The molecule has 3 rings (SSSR count). The van der Waals surface area contributed by atoms with Crippen molar-refractivity contribution < 1.29 is 9.15 Å². The highest BCUT2D eigenvalue weighted by atomic mass is 16.5. The van der Waals surface area contributed by atoms with Gasteiger partial charge in [0.1, 0.15) is 5.76 Å². The van der Waals surface area contributed by atoms with Crippen molar-refractivity contribution in [1.82, 2.24) is 5.32 Å². The zero-order valence-corrected chi connectivity index (χ0v) is 12.6. The topological polar surface area (TPSA) is 34.4 Å². The molecule has 1 aromatic rings. The van der Waals surface area contributed by atoms with E-state index in [-0.39, 0.29) is 5.60 Å². The Morgan fingerprint density at radius 3 is 2.90 bits per heavy atom. The van der Waals surface area contributed by atoms with Crippen molar-refractivity contribution in [3.63, 3.8) is 0 Å². The number of furan rings is 1. The summed E-state index contributed by atoms with van der Waals surface area (Å²) < 4.78 is 11.8. The van der Waals surface area contributed by atoms with Gasteiger partial charge >= 0.3 is 0 Å². The molecule has 1 N–H and O–H groups in total. The van der Waals surface area contributed by atoms with Gasteiger partial charge in [-0.05, 0) is 44.7 Å². The normalized spacial score (nSPS) is 26.9. The molecule has 2 aliphatic rings. The van der Waals surface area contributed by atoms with Crippen LogP contribution in [0.3, 0.4) is 0 Å². The van der Waals surface area contributed by atoms with E-state index in [1.54, 1.807) is 6.26 Å². The minimum atomic E-state index is 0.245. The summed E-state index contributed by atoms with van der Waals surface area (Å²) in [6, 6.07) is 4.43. The van der Waals surface area contributed by atoms with E-state index in [0.29, 0.717) is 12.1 Å². The molecule has 2 fully saturated rings. The van der Waals surface area contributed by atoms with Gasteiger partial charge in [-0.1, -0.05) is 19.3 Å². The Balaban J connectivity index is 1.41. The highest BCUT2D eigenvalue weighted by molar-refractivity contribution is 5.00. The summed E-state index contributed by atoms with van der Waals surface area (Å²) in [5.41, 5.74) is 0.245. The van der Waals surface area contributed by atoms with Crippen LogP contribution in [0, 0.1) is 0 Å². The van der Waals surface area contributed by atoms with Crippen LogP contribution in [0.25, 0.3) is 0 Å². The molecule has 1 aliphatic carbocycles. The summed E-state index contributed by atoms with van der Waals surface area (Å²) in [6.07, 6.45) is 12.3. The second-order valence-electron chi connectivity index (χ2n) is 6.61. The van der Waals surface area contributed by atoms with E-state index in [2.05, 4.69) is 12.2 Å². The zero-order chi connectivity index (χ0) is 13.8. The molecule has 3 heteroatoms. The highest BCUT2D eigenvalue weighted by Gasteiger charge is 2.40. The first-order chi connectivity index (χ1) is 9.76. The lowest BCUT2D eigenvalue weighted by atomic mass is 9.83. The zero-order valence-electron chi connectivity index (χ0n) is 12.6. The molecular formula is C17H27NO2. The number of rotatable bonds is 5. The van der Waals surface area contributed by atoms with Crippen molar-refractivity contribution in [2.24, 2.45) is 0 Å². The third-order valence-electron chi connectivity index (χ3n) is 4.88. The maximum atomic E-state index is 6.39. The summed E-state index contributed by atoms with van der Waals surface area (Å²) in [7, 11) is 0. The quantitative estimate of drug-likeness (QED) is 0.891. The Bertz CT molecular complexity index is 395. The fourth-order valence-corrected chi connectivity index (χ4v) is 3.74. The van der Waals surface area contributed by atoms with Crippen molar-refractivity contribution >= 4 is 0 Å². The minimum Gasteiger partial charge on any atom is -0.469 e. The Hall–Kier alpha value is -0.800. The van der Waals surface area contributed by atoms with Crippen molar-refractivity contribution in [2.45, 2.75) is 76.0 Å². The molecule has 1 spiro atoms. The van der Waals surface area contributed by atoms with Gasteiger partial charge in [0.25, 0.3) is 0 Å². The van der Waals surface area contributed by atoms with E-state index in [0.717, 1.165) is 18.7 Å². The Kier molecular flexibility index (Phi) is 4.47. The van der Waals surface area contributed by atoms with Gasteiger partial charge in [-0.15, -0.1) is 0 Å². The van der Waals surface area contributed by atoms with Crippen molar-refractivity contribution in [2.75, 3.05) is 6.54 Å². The second-order valence-corrected chi connectivity index (χ2v) is 6.61. The van der Waals surface area contributed by atoms with Gasteiger partial charge in [0.2, 0.25) is 0 Å². The molecule has 0 radical (unpaired) electrons. The lowest BCUT2D eigenvalue weighted by Crippen LogP contribution is -2.37. The van der Waals surface area contributed by atoms with Crippen LogP contribution in [-0.4, -0.2) is 24.3 Å². The Labute approximate surface area is 122 Å². The highest BCUT2D eigenvalue weighted by Crippen LogP contribution is 2.41. The van der Waals surface area contributed by atoms with Crippen LogP contribution in [0.1, 0.15) is 57.6 Å². The van der Waals surface area contributed by atoms with E-state index in [4.69, 9.17) is 9.15 Å². The molecule has 0 aromatic carbocycles. The average Bonchev–Trinajstić information content (AvgIpc) is 3.08. The van der Waals surface area contributed by atoms with Gasteiger partial charge in [-0.2, -0.15) is 0 Å². The van der Waals surface area contributed by atoms with E-state index in [1.165, 1.54) is 44.9 Å². The standard InChI is InChI=1S/C17H27NO2/c1-14(12-15-6-5-11-19-15)18-13-16-7-10-17(20-16)8-3-2-4-9-17/h5-6,11,14,16,18H,2-4,7-10,12-13H2,1H3. The summed E-state index contributed by atoms with van der Waals surface area (Å²) in [4.78, 5) is 0. The first-order valence-corrected chi connectivity index (χ1v) is 8.19. The van der Waals surface area contributed by atoms with Crippen LogP contribution in [0.4, 0.5) is 0 Å². The predicted molar refractivity (Wildman–Crippen MR) is 79.8 cm³/mol. The molecule has 2 heterocycles. The van der Waals surface area contributed by atoms with Gasteiger partial charge in [-0.3, -0.25) is 0 Å². The van der Waals surface area contributed by atoms with Crippen LogP contribution in [0.15, 0.2) is 22.8 Å². The maximum absolute atomic E-state index is 6.39. The summed E-state index contributed by atoms with van der Waals surface area (Å²) in [6.45, 7) is 3.19. The summed E-state index contributed by atoms with van der Waals surface area (Å²) in [5, 5.41) is 3.60. The van der Waals surface area contributed by atoms with E-state index in [1.807, 2.05) is 12.1 Å².